The molecule has 2 rings (SSSR count). The Morgan fingerprint density at radius 1 is 1.17 bits per heavy atom. The summed E-state index contributed by atoms with van der Waals surface area (Å²) in [6, 6.07) is 3.04. The molecule has 3 N–H and O–H groups in total. The maximum absolute atomic E-state index is 14.1. The Kier molecular flexibility index (Phi) is 9.80. The van der Waals surface area contributed by atoms with Gasteiger partial charge in [-0.3, -0.25) is 9.59 Å². The number of nitrogens with one attached hydrogen (secondary N) is 2. The minimum absolute atomic E-state index is 0.0578. The van der Waals surface area contributed by atoms with Crippen LogP contribution < -0.4 is 10.6 Å². The van der Waals surface area contributed by atoms with Gasteiger partial charge in [0.25, 0.3) is 0 Å². The number of alkyl carbamates (subject to hydrolysis) is 1. The lowest BCUT2D eigenvalue weighted by Gasteiger charge is -2.36. The number of benzene rings is 1. The zero-order chi connectivity index (χ0) is 27.4. The fourth-order valence-electron chi connectivity index (χ4n) is 4.39. The van der Waals surface area contributed by atoms with Crippen LogP contribution in [-0.2, 0) is 14.3 Å². The predicted molar refractivity (Wildman–Crippen MR) is 141 cm³/mol. The van der Waals surface area contributed by atoms with E-state index in [0.29, 0.717) is 11.1 Å². The van der Waals surface area contributed by atoms with Gasteiger partial charge in [-0.05, 0) is 82.6 Å². The number of phenols is 1. The Bertz CT molecular complexity index is 940. The molecule has 0 heterocycles. The van der Waals surface area contributed by atoms with Crippen molar-refractivity contribution in [3.63, 3.8) is 0 Å². The minimum Gasteiger partial charge on any atom is -0.508 e. The quantitative estimate of drug-likeness (QED) is 0.424. The van der Waals surface area contributed by atoms with Crippen LogP contribution in [0, 0.1) is 18.8 Å². The number of amides is 3. The molecule has 1 saturated carbocycles. The number of carbonyl (C=O) groups excluding carboxylic acids is 3. The maximum atomic E-state index is 14.1. The molecule has 5 unspecified atom stereocenters. The van der Waals surface area contributed by atoms with Crippen molar-refractivity contribution >= 4 is 17.9 Å². The molecular weight excluding hydrogens is 458 g/mol. The number of phenolic OH excluding ortho intramolecular Hbond substituents is 1. The summed E-state index contributed by atoms with van der Waals surface area (Å²) in [6.07, 6.45) is 1.84. The number of rotatable bonds is 10. The first-order valence-corrected chi connectivity index (χ1v) is 13.1. The molecule has 1 aliphatic rings. The van der Waals surface area contributed by atoms with Crippen molar-refractivity contribution in [1.82, 2.24) is 15.5 Å². The molecular formula is C28H45N3O5. The second-order valence-corrected chi connectivity index (χ2v) is 11.5. The monoisotopic (exact) mass is 503 g/mol. The van der Waals surface area contributed by atoms with Gasteiger partial charge in [0.05, 0.1) is 0 Å². The van der Waals surface area contributed by atoms with Crippen molar-refractivity contribution in [3.8, 4) is 5.75 Å². The van der Waals surface area contributed by atoms with Crippen LogP contribution in [-0.4, -0.2) is 51.6 Å². The average Bonchev–Trinajstić information content (AvgIpc) is 3.46. The average molecular weight is 504 g/mol. The Morgan fingerprint density at radius 2 is 1.78 bits per heavy atom. The molecule has 36 heavy (non-hydrogen) atoms. The maximum Gasteiger partial charge on any atom is 0.408 e. The van der Waals surface area contributed by atoms with Crippen LogP contribution in [0.3, 0.4) is 0 Å². The molecule has 0 radical (unpaired) electrons. The van der Waals surface area contributed by atoms with Crippen LogP contribution in [0.1, 0.15) is 91.8 Å². The van der Waals surface area contributed by atoms with Gasteiger partial charge in [0.1, 0.15) is 23.4 Å². The summed E-state index contributed by atoms with van der Waals surface area (Å²) in [5.74, 6) is -0.468. The third-order valence-corrected chi connectivity index (χ3v) is 6.46. The lowest BCUT2D eigenvalue weighted by atomic mass is 9.97. The number of nitrogens with zero attached hydrogens (tertiary/aromatic N) is 1. The normalized spacial score (nSPS) is 19.7. The minimum atomic E-state index is -0.896. The van der Waals surface area contributed by atoms with E-state index in [0.717, 1.165) is 19.3 Å². The van der Waals surface area contributed by atoms with Gasteiger partial charge in [-0.25, -0.2) is 4.79 Å². The molecule has 0 aliphatic heterocycles. The molecule has 1 aliphatic carbocycles. The molecule has 0 bridgehead atoms. The van der Waals surface area contributed by atoms with E-state index in [9.17, 15) is 19.5 Å². The largest absolute Gasteiger partial charge is 0.508 e. The SMILES string of the molecule is CCCC(C)NC(=O)C(c1ccc(O)c(C)c1)N(C(=O)C(NC(=O)OC(C)(C)C)C(C)C)C1CC1C. The smallest absolute Gasteiger partial charge is 0.408 e. The van der Waals surface area contributed by atoms with E-state index in [2.05, 4.69) is 17.6 Å². The summed E-state index contributed by atoms with van der Waals surface area (Å²) in [5.41, 5.74) is 0.537. The van der Waals surface area contributed by atoms with Crippen molar-refractivity contribution < 1.29 is 24.2 Å². The van der Waals surface area contributed by atoms with Crippen LogP contribution in [0.2, 0.25) is 0 Å². The molecule has 8 nitrogen and oxygen atoms in total. The van der Waals surface area contributed by atoms with Crippen LogP contribution >= 0.6 is 0 Å². The van der Waals surface area contributed by atoms with Crippen LogP contribution in [0.25, 0.3) is 0 Å². The van der Waals surface area contributed by atoms with Gasteiger partial charge in [-0.1, -0.05) is 40.2 Å². The van der Waals surface area contributed by atoms with E-state index in [1.807, 2.05) is 27.7 Å². The van der Waals surface area contributed by atoms with Crippen LogP contribution in [0.4, 0.5) is 4.79 Å². The lowest BCUT2D eigenvalue weighted by Crippen LogP contribution is -2.56. The molecule has 1 aromatic rings. The van der Waals surface area contributed by atoms with E-state index in [1.165, 1.54) is 0 Å². The highest BCUT2D eigenvalue weighted by atomic mass is 16.6. The number of aryl methyl sites for hydroxylation is 1. The first-order valence-electron chi connectivity index (χ1n) is 13.1. The highest BCUT2D eigenvalue weighted by Gasteiger charge is 2.48. The number of hydrogen-bond acceptors (Lipinski definition) is 5. The lowest BCUT2D eigenvalue weighted by molar-refractivity contribution is -0.144. The second-order valence-electron chi connectivity index (χ2n) is 11.5. The first-order chi connectivity index (χ1) is 16.7. The summed E-state index contributed by atoms with van der Waals surface area (Å²) < 4.78 is 5.42. The van der Waals surface area contributed by atoms with Crippen LogP contribution in [0.5, 0.6) is 5.75 Å². The zero-order valence-corrected chi connectivity index (χ0v) is 23.3. The van der Waals surface area contributed by atoms with Gasteiger partial charge < -0.3 is 25.4 Å². The summed E-state index contributed by atoms with van der Waals surface area (Å²) in [4.78, 5) is 42.1. The van der Waals surface area contributed by atoms with Gasteiger partial charge in [0, 0.05) is 12.1 Å². The standard InChI is InChI=1S/C28H45N3O5/c1-10-11-19(6)29-25(33)24(20-12-13-22(32)18(5)14-20)31(21-15-17(21)4)26(34)23(16(2)3)30-27(35)36-28(7,8)9/h12-14,16-17,19,21,23-24,32H,10-11,15H2,1-9H3,(H,29,33)(H,30,35). The predicted octanol–water partition coefficient (Wildman–Crippen LogP) is 4.83. The number of ether oxygens (including phenoxy) is 1. The summed E-state index contributed by atoms with van der Waals surface area (Å²) in [6.45, 7) is 16.8. The molecule has 1 aromatic carbocycles. The van der Waals surface area contributed by atoms with Crippen molar-refractivity contribution in [3.05, 3.63) is 29.3 Å². The highest BCUT2D eigenvalue weighted by Crippen LogP contribution is 2.41. The fourth-order valence-corrected chi connectivity index (χ4v) is 4.39. The van der Waals surface area contributed by atoms with Crippen molar-refractivity contribution in [2.24, 2.45) is 11.8 Å². The molecule has 3 amide bonds. The number of carbonyl (C=O) groups is 3. The van der Waals surface area contributed by atoms with Crippen molar-refractivity contribution in [1.29, 1.82) is 0 Å². The van der Waals surface area contributed by atoms with E-state index in [1.54, 1.807) is 50.8 Å². The highest BCUT2D eigenvalue weighted by molar-refractivity contribution is 5.93. The Morgan fingerprint density at radius 3 is 2.25 bits per heavy atom. The van der Waals surface area contributed by atoms with Gasteiger partial charge in [0.2, 0.25) is 11.8 Å². The third kappa shape index (κ3) is 7.87. The van der Waals surface area contributed by atoms with E-state index < -0.39 is 23.8 Å². The Balaban J connectivity index is 2.51. The molecule has 0 saturated heterocycles. The number of aromatic hydroxyl groups is 1. The van der Waals surface area contributed by atoms with Gasteiger partial charge >= 0.3 is 6.09 Å². The van der Waals surface area contributed by atoms with Crippen LogP contribution in [0.15, 0.2) is 18.2 Å². The topological polar surface area (TPSA) is 108 Å². The molecule has 202 valence electrons. The molecule has 0 aromatic heterocycles. The van der Waals surface area contributed by atoms with Gasteiger partial charge in [-0.2, -0.15) is 0 Å². The Labute approximate surface area is 216 Å². The van der Waals surface area contributed by atoms with Gasteiger partial charge in [0.15, 0.2) is 0 Å². The van der Waals surface area contributed by atoms with E-state index in [-0.39, 0.29) is 41.5 Å². The molecule has 5 atom stereocenters. The van der Waals surface area contributed by atoms with Crippen molar-refractivity contribution in [2.45, 2.75) is 111 Å². The first kappa shape index (κ1) is 29.5. The molecule has 0 spiro atoms. The van der Waals surface area contributed by atoms with E-state index in [4.69, 9.17) is 4.74 Å². The summed E-state index contributed by atoms with van der Waals surface area (Å²) in [5, 5.41) is 15.9. The van der Waals surface area contributed by atoms with Crippen molar-refractivity contribution in [2.75, 3.05) is 0 Å². The third-order valence-electron chi connectivity index (χ3n) is 6.46. The Hall–Kier alpha value is -2.77. The van der Waals surface area contributed by atoms with E-state index >= 15 is 0 Å². The fraction of sp³-hybridized carbons (Fsp3) is 0.679. The summed E-state index contributed by atoms with van der Waals surface area (Å²) >= 11 is 0. The number of hydrogen-bond donors (Lipinski definition) is 3. The second kappa shape index (κ2) is 12.0. The summed E-state index contributed by atoms with van der Waals surface area (Å²) in [7, 11) is 0. The molecule has 1 fully saturated rings. The zero-order valence-electron chi connectivity index (χ0n) is 23.3. The van der Waals surface area contributed by atoms with Gasteiger partial charge in [-0.15, -0.1) is 0 Å². The molecule has 8 heteroatoms.